The SMILES string of the molecule is O=C(C1CCC1)N1Cc2cccn2CC(OCc2ccccn2)C1.O=C(O)C(F)(F)F. The molecule has 31 heavy (non-hydrogen) atoms. The molecule has 0 saturated heterocycles. The maximum Gasteiger partial charge on any atom is 0.490 e. The lowest BCUT2D eigenvalue weighted by molar-refractivity contribution is -0.192. The van der Waals surface area contributed by atoms with Gasteiger partial charge in [-0.25, -0.2) is 4.79 Å². The fourth-order valence-corrected chi connectivity index (χ4v) is 3.43. The Kier molecular flexibility index (Phi) is 7.32. The van der Waals surface area contributed by atoms with Crippen LogP contribution >= 0.6 is 0 Å². The molecule has 4 rings (SSSR count). The van der Waals surface area contributed by atoms with E-state index in [0.29, 0.717) is 25.6 Å². The van der Waals surface area contributed by atoms with Gasteiger partial charge in [-0.05, 0) is 37.1 Å². The average Bonchev–Trinajstić information content (AvgIpc) is 3.03. The highest BCUT2D eigenvalue weighted by molar-refractivity contribution is 5.79. The minimum atomic E-state index is -5.08. The molecule has 1 fully saturated rings. The van der Waals surface area contributed by atoms with Gasteiger partial charge in [-0.15, -0.1) is 0 Å². The molecular formula is C21H24F3N3O4. The van der Waals surface area contributed by atoms with Crippen molar-refractivity contribution in [2.45, 2.75) is 51.2 Å². The van der Waals surface area contributed by atoms with Crippen LogP contribution in [0.2, 0.25) is 0 Å². The minimum absolute atomic E-state index is 0.00955. The van der Waals surface area contributed by atoms with Crippen LogP contribution in [-0.4, -0.2) is 50.3 Å². The molecule has 1 amide bonds. The Morgan fingerprint density at radius 3 is 2.48 bits per heavy atom. The van der Waals surface area contributed by atoms with Gasteiger partial charge in [0.15, 0.2) is 0 Å². The Labute approximate surface area is 177 Å². The van der Waals surface area contributed by atoms with E-state index in [0.717, 1.165) is 25.1 Å². The van der Waals surface area contributed by atoms with Crippen molar-refractivity contribution >= 4 is 11.9 Å². The van der Waals surface area contributed by atoms with Gasteiger partial charge in [0.25, 0.3) is 0 Å². The number of nitrogens with zero attached hydrogens (tertiary/aromatic N) is 3. The smallest absolute Gasteiger partial charge is 0.475 e. The van der Waals surface area contributed by atoms with Crippen LogP contribution in [0.4, 0.5) is 13.2 Å². The van der Waals surface area contributed by atoms with Crippen molar-refractivity contribution in [2.75, 3.05) is 6.54 Å². The number of carbonyl (C=O) groups excluding carboxylic acids is 1. The predicted molar refractivity (Wildman–Crippen MR) is 104 cm³/mol. The van der Waals surface area contributed by atoms with Gasteiger partial charge in [-0.1, -0.05) is 12.5 Å². The third-order valence-electron chi connectivity index (χ3n) is 5.30. The van der Waals surface area contributed by atoms with Gasteiger partial charge in [0.1, 0.15) is 0 Å². The number of aliphatic carboxylic acids is 1. The summed E-state index contributed by atoms with van der Waals surface area (Å²) in [5, 5.41) is 7.12. The number of fused-ring (bicyclic) bond motifs is 1. The molecule has 7 nitrogen and oxygen atoms in total. The van der Waals surface area contributed by atoms with E-state index in [1.54, 1.807) is 6.20 Å². The molecule has 168 valence electrons. The number of amides is 1. The van der Waals surface area contributed by atoms with Gasteiger partial charge in [0.2, 0.25) is 5.91 Å². The monoisotopic (exact) mass is 439 g/mol. The van der Waals surface area contributed by atoms with E-state index in [4.69, 9.17) is 14.6 Å². The molecular weight excluding hydrogens is 415 g/mol. The maximum atomic E-state index is 12.7. The highest BCUT2D eigenvalue weighted by atomic mass is 19.4. The van der Waals surface area contributed by atoms with Crippen molar-refractivity contribution < 1.29 is 32.6 Å². The molecule has 1 saturated carbocycles. The molecule has 1 aliphatic carbocycles. The summed E-state index contributed by atoms with van der Waals surface area (Å²) in [5.74, 6) is -2.24. The average molecular weight is 439 g/mol. The van der Waals surface area contributed by atoms with Gasteiger partial charge in [0.05, 0.1) is 31.5 Å². The number of halogens is 3. The molecule has 1 unspecified atom stereocenters. The van der Waals surface area contributed by atoms with E-state index in [-0.39, 0.29) is 12.0 Å². The summed E-state index contributed by atoms with van der Waals surface area (Å²) in [4.78, 5) is 27.9. The van der Waals surface area contributed by atoms with Crippen LogP contribution in [0.5, 0.6) is 0 Å². The lowest BCUT2D eigenvalue weighted by atomic mass is 9.84. The van der Waals surface area contributed by atoms with E-state index < -0.39 is 12.1 Å². The lowest BCUT2D eigenvalue weighted by Gasteiger charge is -2.32. The molecule has 0 aromatic carbocycles. The molecule has 2 aromatic rings. The summed E-state index contributed by atoms with van der Waals surface area (Å²) in [7, 11) is 0. The molecule has 1 N–H and O–H groups in total. The molecule has 10 heteroatoms. The summed E-state index contributed by atoms with van der Waals surface area (Å²) >= 11 is 0. The first-order chi connectivity index (χ1) is 14.7. The molecule has 3 heterocycles. The molecule has 1 atom stereocenters. The van der Waals surface area contributed by atoms with E-state index in [2.05, 4.69) is 21.8 Å². The fourth-order valence-electron chi connectivity index (χ4n) is 3.43. The van der Waals surface area contributed by atoms with Crippen LogP contribution in [0, 0.1) is 5.92 Å². The topological polar surface area (TPSA) is 84.7 Å². The van der Waals surface area contributed by atoms with Crippen LogP contribution < -0.4 is 0 Å². The van der Waals surface area contributed by atoms with Gasteiger partial charge < -0.3 is 19.3 Å². The highest BCUT2D eigenvalue weighted by Gasteiger charge is 2.38. The first-order valence-corrected chi connectivity index (χ1v) is 9.98. The van der Waals surface area contributed by atoms with Crippen LogP contribution in [-0.2, 0) is 34.0 Å². The first-order valence-electron chi connectivity index (χ1n) is 9.98. The number of pyridine rings is 1. The van der Waals surface area contributed by atoms with Crippen molar-refractivity contribution in [2.24, 2.45) is 5.92 Å². The number of ether oxygens (including phenoxy) is 1. The number of rotatable bonds is 4. The summed E-state index contributed by atoms with van der Waals surface area (Å²) in [6, 6.07) is 9.98. The van der Waals surface area contributed by atoms with E-state index in [9.17, 15) is 18.0 Å². The maximum absolute atomic E-state index is 12.7. The van der Waals surface area contributed by atoms with E-state index in [1.807, 2.05) is 29.2 Å². The van der Waals surface area contributed by atoms with Crippen LogP contribution in [0.15, 0.2) is 42.7 Å². The molecule has 0 spiro atoms. The zero-order chi connectivity index (χ0) is 22.4. The number of aromatic nitrogens is 2. The summed E-state index contributed by atoms with van der Waals surface area (Å²) in [6.07, 6.45) is 2.02. The predicted octanol–water partition coefficient (Wildman–Crippen LogP) is 3.24. The number of carboxylic acids is 1. The van der Waals surface area contributed by atoms with Crippen molar-refractivity contribution in [3.8, 4) is 0 Å². The number of hydrogen-bond donors (Lipinski definition) is 1. The first kappa shape index (κ1) is 22.8. The second kappa shape index (κ2) is 9.95. The lowest BCUT2D eigenvalue weighted by Crippen LogP contribution is -2.42. The van der Waals surface area contributed by atoms with E-state index in [1.165, 1.54) is 12.1 Å². The number of carboxylic acid groups (broad SMARTS) is 1. The third kappa shape index (κ3) is 6.30. The third-order valence-corrected chi connectivity index (χ3v) is 5.30. The summed E-state index contributed by atoms with van der Waals surface area (Å²) < 4.78 is 40.1. The quantitative estimate of drug-likeness (QED) is 0.791. The largest absolute Gasteiger partial charge is 0.490 e. The van der Waals surface area contributed by atoms with Crippen LogP contribution in [0.3, 0.4) is 0 Å². The fraction of sp³-hybridized carbons (Fsp3) is 0.476. The zero-order valence-electron chi connectivity index (χ0n) is 16.8. The molecule has 2 aliphatic rings. The Balaban J connectivity index is 0.000000339. The number of alkyl halides is 3. The Morgan fingerprint density at radius 1 is 1.16 bits per heavy atom. The highest BCUT2D eigenvalue weighted by Crippen LogP contribution is 2.29. The Hall–Kier alpha value is -2.88. The second-order valence-corrected chi connectivity index (χ2v) is 7.56. The van der Waals surface area contributed by atoms with Gasteiger partial charge >= 0.3 is 12.1 Å². The van der Waals surface area contributed by atoms with Crippen molar-refractivity contribution in [3.63, 3.8) is 0 Å². The van der Waals surface area contributed by atoms with Crippen molar-refractivity contribution in [3.05, 3.63) is 54.1 Å². The Bertz CT molecular complexity index is 881. The van der Waals surface area contributed by atoms with Gasteiger partial charge in [-0.3, -0.25) is 9.78 Å². The molecule has 1 aliphatic heterocycles. The summed E-state index contributed by atoms with van der Waals surface area (Å²) in [6.45, 7) is 2.60. The zero-order valence-corrected chi connectivity index (χ0v) is 16.8. The van der Waals surface area contributed by atoms with Gasteiger partial charge in [0, 0.05) is 30.6 Å². The molecule has 2 aromatic heterocycles. The van der Waals surface area contributed by atoms with E-state index >= 15 is 0 Å². The minimum Gasteiger partial charge on any atom is -0.475 e. The standard InChI is InChI=1S/C19H23N3O2.C2HF3O2/c23-19(15-5-3-6-15)22-11-17-8-4-10-21(17)12-18(13-22)24-14-16-7-1-2-9-20-16;3-2(4,5)1(6)7/h1-2,4,7-10,15,18H,3,5-6,11-14H2;(H,6,7). The normalized spacial score (nSPS) is 18.8. The molecule has 0 radical (unpaired) electrons. The van der Waals surface area contributed by atoms with Crippen molar-refractivity contribution in [1.29, 1.82) is 0 Å². The second-order valence-electron chi connectivity index (χ2n) is 7.56. The van der Waals surface area contributed by atoms with Crippen LogP contribution in [0.1, 0.15) is 30.7 Å². The number of carbonyl (C=O) groups is 2. The number of hydrogen-bond acceptors (Lipinski definition) is 4. The van der Waals surface area contributed by atoms with Crippen molar-refractivity contribution in [1.82, 2.24) is 14.5 Å². The van der Waals surface area contributed by atoms with Crippen LogP contribution in [0.25, 0.3) is 0 Å². The molecule has 0 bridgehead atoms. The Morgan fingerprint density at radius 2 is 1.90 bits per heavy atom. The summed E-state index contributed by atoms with van der Waals surface area (Å²) in [5.41, 5.74) is 2.11. The van der Waals surface area contributed by atoms with Gasteiger partial charge in [-0.2, -0.15) is 13.2 Å².